The molecule has 0 atom stereocenters. The van der Waals surface area contributed by atoms with Crippen LogP contribution < -0.4 is 0 Å². The van der Waals surface area contributed by atoms with Crippen molar-refractivity contribution in [2.24, 2.45) is 0 Å². The molecule has 0 aliphatic carbocycles. The molecular formula is C48H30N2O. The minimum absolute atomic E-state index is 0.885. The standard InChI is InChI=1S/C48H30N2O/c1-3-15-32(16-4-1)49-40-24-10-7-19-36(40)46-34(22-13-26-42(46)49)31-29-39(48-38-21-9-12-28-44(38)51-45(48)30-31)35-23-14-27-43-47(35)37-20-8-11-25-41(37)50(43)33-17-5-2-6-18-33/h1-30H. The second-order valence-corrected chi connectivity index (χ2v) is 13.3. The number of para-hydroxylation sites is 5. The van der Waals surface area contributed by atoms with Gasteiger partial charge in [0.05, 0.1) is 22.1 Å². The molecule has 8 aromatic carbocycles. The van der Waals surface area contributed by atoms with Crippen molar-refractivity contribution < 1.29 is 4.42 Å². The lowest BCUT2D eigenvalue weighted by atomic mass is 9.91. The third-order valence-electron chi connectivity index (χ3n) is 10.5. The van der Waals surface area contributed by atoms with Crippen molar-refractivity contribution in [3.8, 4) is 33.6 Å². The average molecular weight is 651 g/mol. The minimum atomic E-state index is 0.885. The molecule has 11 rings (SSSR count). The van der Waals surface area contributed by atoms with Gasteiger partial charge in [-0.2, -0.15) is 0 Å². The van der Waals surface area contributed by atoms with Gasteiger partial charge in [0.25, 0.3) is 0 Å². The fourth-order valence-corrected chi connectivity index (χ4v) is 8.44. The van der Waals surface area contributed by atoms with Crippen molar-refractivity contribution >= 4 is 65.6 Å². The summed E-state index contributed by atoms with van der Waals surface area (Å²) in [7, 11) is 0. The summed E-state index contributed by atoms with van der Waals surface area (Å²) in [5, 5.41) is 7.18. The number of furan rings is 1. The summed E-state index contributed by atoms with van der Waals surface area (Å²) in [6, 6.07) is 65.4. The van der Waals surface area contributed by atoms with E-state index in [0.717, 1.165) is 44.4 Å². The lowest BCUT2D eigenvalue weighted by Crippen LogP contribution is -1.93. The molecule has 0 N–H and O–H groups in total. The van der Waals surface area contributed by atoms with Crippen LogP contribution in [0.4, 0.5) is 0 Å². The highest BCUT2D eigenvalue weighted by Gasteiger charge is 2.22. The van der Waals surface area contributed by atoms with E-state index in [0.29, 0.717) is 0 Å². The minimum Gasteiger partial charge on any atom is -0.456 e. The number of aromatic nitrogens is 2. The average Bonchev–Trinajstić information content (AvgIpc) is 3.86. The summed E-state index contributed by atoms with van der Waals surface area (Å²) in [6.45, 7) is 0. The van der Waals surface area contributed by atoms with Gasteiger partial charge in [-0.25, -0.2) is 0 Å². The third-order valence-corrected chi connectivity index (χ3v) is 10.5. The highest BCUT2D eigenvalue weighted by atomic mass is 16.3. The molecular weight excluding hydrogens is 621 g/mol. The molecule has 0 amide bonds. The Bertz CT molecular complexity index is 3130. The van der Waals surface area contributed by atoms with Crippen LogP contribution in [0.15, 0.2) is 186 Å². The molecule has 3 heterocycles. The van der Waals surface area contributed by atoms with E-state index in [1.165, 1.54) is 54.7 Å². The molecule has 0 fully saturated rings. The van der Waals surface area contributed by atoms with Gasteiger partial charge < -0.3 is 13.6 Å². The van der Waals surface area contributed by atoms with Crippen LogP contribution in [0.2, 0.25) is 0 Å². The summed E-state index contributed by atoms with van der Waals surface area (Å²) >= 11 is 0. The number of hydrogen-bond donors (Lipinski definition) is 0. The second kappa shape index (κ2) is 10.8. The number of benzene rings is 8. The second-order valence-electron chi connectivity index (χ2n) is 13.3. The van der Waals surface area contributed by atoms with Crippen LogP contribution in [0.3, 0.4) is 0 Å². The van der Waals surface area contributed by atoms with Gasteiger partial charge >= 0.3 is 0 Å². The smallest absolute Gasteiger partial charge is 0.136 e. The maximum Gasteiger partial charge on any atom is 0.136 e. The Labute approximate surface area is 293 Å². The first-order valence-electron chi connectivity index (χ1n) is 17.4. The molecule has 3 heteroatoms. The zero-order valence-corrected chi connectivity index (χ0v) is 27.6. The van der Waals surface area contributed by atoms with Crippen molar-refractivity contribution in [2.45, 2.75) is 0 Å². The summed E-state index contributed by atoms with van der Waals surface area (Å²) in [5.74, 6) is 0. The SMILES string of the molecule is c1ccc(-n2c3ccccc3c3c(-c4cc(-c5cccc6c5c5ccccc5n6-c5ccccc5)c5c(c4)oc4ccccc45)cccc32)cc1. The molecule has 0 saturated carbocycles. The Morgan fingerprint density at radius 3 is 1.43 bits per heavy atom. The van der Waals surface area contributed by atoms with Gasteiger partial charge in [0.2, 0.25) is 0 Å². The van der Waals surface area contributed by atoms with Gasteiger partial charge in [-0.3, -0.25) is 0 Å². The van der Waals surface area contributed by atoms with Crippen molar-refractivity contribution in [1.82, 2.24) is 9.13 Å². The van der Waals surface area contributed by atoms with E-state index in [4.69, 9.17) is 4.42 Å². The third kappa shape index (κ3) is 4.06. The lowest BCUT2D eigenvalue weighted by molar-refractivity contribution is 0.669. The molecule has 11 aromatic rings. The predicted octanol–water partition coefficient (Wildman–Crippen LogP) is 13.1. The Kier molecular flexibility index (Phi) is 5.96. The van der Waals surface area contributed by atoms with E-state index in [1.807, 2.05) is 0 Å². The summed E-state index contributed by atoms with van der Waals surface area (Å²) in [6.07, 6.45) is 0. The van der Waals surface area contributed by atoms with Crippen LogP contribution in [0.5, 0.6) is 0 Å². The van der Waals surface area contributed by atoms with Gasteiger partial charge in [0.1, 0.15) is 11.2 Å². The van der Waals surface area contributed by atoms with Crippen LogP contribution in [-0.2, 0) is 0 Å². The maximum absolute atomic E-state index is 6.71. The Morgan fingerprint density at radius 1 is 0.314 bits per heavy atom. The molecule has 0 spiro atoms. The van der Waals surface area contributed by atoms with E-state index in [1.54, 1.807) is 0 Å². The van der Waals surface area contributed by atoms with Crippen LogP contribution in [0.1, 0.15) is 0 Å². The predicted molar refractivity (Wildman–Crippen MR) is 213 cm³/mol. The topological polar surface area (TPSA) is 23.0 Å². The quantitative estimate of drug-likeness (QED) is 0.186. The molecule has 0 aliphatic heterocycles. The van der Waals surface area contributed by atoms with Crippen molar-refractivity contribution in [3.63, 3.8) is 0 Å². The van der Waals surface area contributed by atoms with Crippen LogP contribution >= 0.6 is 0 Å². The van der Waals surface area contributed by atoms with E-state index >= 15 is 0 Å². The molecule has 51 heavy (non-hydrogen) atoms. The van der Waals surface area contributed by atoms with Crippen LogP contribution in [-0.4, -0.2) is 9.13 Å². The normalized spacial score (nSPS) is 11.9. The number of hydrogen-bond acceptors (Lipinski definition) is 1. The fraction of sp³-hybridized carbons (Fsp3) is 0. The monoisotopic (exact) mass is 650 g/mol. The maximum atomic E-state index is 6.71. The van der Waals surface area contributed by atoms with Gasteiger partial charge in [-0.1, -0.05) is 115 Å². The van der Waals surface area contributed by atoms with E-state index < -0.39 is 0 Å². The van der Waals surface area contributed by atoms with Crippen LogP contribution in [0.25, 0.3) is 99.2 Å². The van der Waals surface area contributed by atoms with Crippen molar-refractivity contribution in [1.29, 1.82) is 0 Å². The van der Waals surface area contributed by atoms with Gasteiger partial charge in [0.15, 0.2) is 0 Å². The van der Waals surface area contributed by atoms with Gasteiger partial charge in [0, 0.05) is 43.7 Å². The molecule has 3 aromatic heterocycles. The highest BCUT2D eigenvalue weighted by molar-refractivity contribution is 6.23. The molecule has 0 saturated heterocycles. The summed E-state index contributed by atoms with van der Waals surface area (Å²) in [5.41, 5.74) is 13.5. The Hall–Kier alpha value is -6.84. The zero-order valence-electron chi connectivity index (χ0n) is 27.6. The highest BCUT2D eigenvalue weighted by Crippen LogP contribution is 2.46. The largest absolute Gasteiger partial charge is 0.456 e. The van der Waals surface area contributed by atoms with E-state index in [-0.39, 0.29) is 0 Å². The van der Waals surface area contributed by atoms with Crippen LogP contribution in [0, 0.1) is 0 Å². The lowest BCUT2D eigenvalue weighted by Gasteiger charge is -2.13. The van der Waals surface area contributed by atoms with E-state index in [9.17, 15) is 0 Å². The number of fused-ring (bicyclic) bond motifs is 9. The van der Waals surface area contributed by atoms with E-state index in [2.05, 4.69) is 191 Å². The summed E-state index contributed by atoms with van der Waals surface area (Å²) in [4.78, 5) is 0. The first kappa shape index (κ1) is 28.0. The molecule has 3 nitrogen and oxygen atoms in total. The fourth-order valence-electron chi connectivity index (χ4n) is 8.44. The Morgan fingerprint density at radius 2 is 0.804 bits per heavy atom. The van der Waals surface area contributed by atoms with Crippen molar-refractivity contribution in [3.05, 3.63) is 182 Å². The van der Waals surface area contributed by atoms with Gasteiger partial charge in [-0.05, 0) is 89.0 Å². The first-order chi connectivity index (χ1) is 25.3. The molecule has 238 valence electrons. The molecule has 0 unspecified atom stereocenters. The number of nitrogens with zero attached hydrogens (tertiary/aromatic N) is 2. The molecule has 0 radical (unpaired) electrons. The zero-order chi connectivity index (χ0) is 33.5. The number of rotatable bonds is 4. The van der Waals surface area contributed by atoms with Crippen molar-refractivity contribution in [2.75, 3.05) is 0 Å². The molecule has 0 aliphatic rings. The van der Waals surface area contributed by atoms with Gasteiger partial charge in [-0.15, -0.1) is 0 Å². The Balaban J connectivity index is 1.27. The molecule has 0 bridgehead atoms. The first-order valence-corrected chi connectivity index (χ1v) is 17.4. The summed E-state index contributed by atoms with van der Waals surface area (Å²) < 4.78 is 11.5.